The lowest BCUT2D eigenvalue weighted by atomic mass is 9.98. The Bertz CT molecular complexity index is 1240. The maximum absolute atomic E-state index is 13.6. The van der Waals surface area contributed by atoms with Crippen LogP contribution < -0.4 is 21.5 Å². The molecule has 0 radical (unpaired) electrons. The van der Waals surface area contributed by atoms with Crippen LogP contribution in [0.4, 0.5) is 4.79 Å². The van der Waals surface area contributed by atoms with E-state index in [0.29, 0.717) is 18.9 Å². The van der Waals surface area contributed by atoms with Crippen molar-refractivity contribution >= 4 is 28.7 Å². The van der Waals surface area contributed by atoms with E-state index in [1.807, 2.05) is 72.8 Å². The first kappa shape index (κ1) is 28.1. The second-order valence-corrected chi connectivity index (χ2v) is 10.1. The molecule has 1 fully saturated rings. The quantitative estimate of drug-likeness (QED) is 0.183. The largest absolute Gasteiger partial charge is 0.445 e. The van der Waals surface area contributed by atoms with Gasteiger partial charge < -0.3 is 15.4 Å². The van der Waals surface area contributed by atoms with E-state index in [4.69, 9.17) is 4.74 Å². The molecule has 0 bridgehead atoms. The molecular formula is C31H38N4O4. The number of hydrogen-bond acceptors (Lipinski definition) is 5. The van der Waals surface area contributed by atoms with Gasteiger partial charge in [0.05, 0.1) is 0 Å². The molecular weight excluding hydrogens is 492 g/mol. The third-order valence-electron chi connectivity index (χ3n) is 6.89. The summed E-state index contributed by atoms with van der Waals surface area (Å²) in [6.07, 6.45) is 4.16. The molecule has 2 atom stereocenters. The summed E-state index contributed by atoms with van der Waals surface area (Å²) in [4.78, 5) is 39.3. The highest BCUT2D eigenvalue weighted by atomic mass is 16.5. The normalized spacial score (nSPS) is 14.3. The van der Waals surface area contributed by atoms with E-state index in [2.05, 4.69) is 28.4 Å². The Morgan fingerprint density at radius 1 is 0.872 bits per heavy atom. The number of benzene rings is 3. The lowest BCUT2D eigenvalue weighted by Crippen LogP contribution is -2.56. The molecule has 4 rings (SSSR count). The lowest BCUT2D eigenvalue weighted by Gasteiger charge is -2.24. The second-order valence-electron chi connectivity index (χ2n) is 10.1. The highest BCUT2D eigenvalue weighted by molar-refractivity contribution is 5.92. The van der Waals surface area contributed by atoms with Crippen LogP contribution in [-0.4, -0.2) is 36.5 Å². The SMILES string of the molecule is CCCCNNC(=O)[C@H](CC1CC1)NC(=O)[C@H](Cc1cccc2ccccc12)NC(=O)OCc1ccccc1. The predicted molar refractivity (Wildman–Crippen MR) is 152 cm³/mol. The zero-order chi connectivity index (χ0) is 27.5. The fourth-order valence-corrected chi connectivity index (χ4v) is 4.50. The molecule has 0 aromatic heterocycles. The monoisotopic (exact) mass is 530 g/mol. The Balaban J connectivity index is 1.48. The van der Waals surface area contributed by atoms with Crippen molar-refractivity contribution in [1.29, 1.82) is 0 Å². The van der Waals surface area contributed by atoms with E-state index in [0.717, 1.165) is 47.6 Å². The molecule has 0 heterocycles. The van der Waals surface area contributed by atoms with Crippen LogP contribution in [-0.2, 0) is 27.4 Å². The minimum atomic E-state index is -0.929. The number of carbonyl (C=O) groups excluding carboxylic acids is 3. The highest BCUT2D eigenvalue weighted by Crippen LogP contribution is 2.33. The van der Waals surface area contributed by atoms with Gasteiger partial charge in [0.15, 0.2) is 0 Å². The Morgan fingerprint density at radius 2 is 1.62 bits per heavy atom. The molecule has 1 aliphatic carbocycles. The summed E-state index contributed by atoms with van der Waals surface area (Å²) in [5, 5.41) is 7.72. The first-order valence-electron chi connectivity index (χ1n) is 13.8. The zero-order valence-electron chi connectivity index (χ0n) is 22.5. The summed E-state index contributed by atoms with van der Waals surface area (Å²) in [6, 6.07) is 21.6. The molecule has 0 spiro atoms. The topological polar surface area (TPSA) is 109 Å². The number of alkyl carbamates (subject to hydrolysis) is 1. The molecule has 3 aromatic carbocycles. The van der Waals surface area contributed by atoms with Gasteiger partial charge in [-0.15, -0.1) is 0 Å². The number of hydrazine groups is 1. The van der Waals surface area contributed by atoms with Crippen LogP contribution in [0, 0.1) is 5.92 Å². The summed E-state index contributed by atoms with van der Waals surface area (Å²) in [6.45, 7) is 2.82. The Morgan fingerprint density at radius 3 is 2.38 bits per heavy atom. The van der Waals surface area contributed by atoms with Gasteiger partial charge in [0.25, 0.3) is 5.91 Å². The van der Waals surface area contributed by atoms with Gasteiger partial charge in [-0.25, -0.2) is 10.2 Å². The Hall–Kier alpha value is -3.91. The average molecular weight is 531 g/mol. The molecule has 8 heteroatoms. The van der Waals surface area contributed by atoms with Crippen LogP contribution >= 0.6 is 0 Å². The van der Waals surface area contributed by atoms with Gasteiger partial charge >= 0.3 is 6.09 Å². The molecule has 206 valence electrons. The summed E-state index contributed by atoms with van der Waals surface area (Å²) >= 11 is 0. The van der Waals surface area contributed by atoms with Gasteiger partial charge in [-0.05, 0) is 40.7 Å². The molecule has 0 unspecified atom stereocenters. The van der Waals surface area contributed by atoms with E-state index < -0.39 is 24.1 Å². The zero-order valence-corrected chi connectivity index (χ0v) is 22.5. The molecule has 3 amide bonds. The second kappa shape index (κ2) is 14.3. The molecule has 0 aliphatic heterocycles. The minimum absolute atomic E-state index is 0.0887. The summed E-state index contributed by atoms with van der Waals surface area (Å²) in [5.41, 5.74) is 7.44. The predicted octanol–water partition coefficient (Wildman–Crippen LogP) is 4.38. The van der Waals surface area contributed by atoms with Crippen LogP contribution in [0.2, 0.25) is 0 Å². The van der Waals surface area contributed by atoms with E-state index in [-0.39, 0.29) is 18.9 Å². The number of carbonyl (C=O) groups is 3. The standard InChI is InChI=1S/C31H38N4O4/c1-2-3-18-32-35-30(37)27(19-22-16-17-22)33-29(36)28(34-31(38)39-21-23-10-5-4-6-11-23)20-25-14-9-13-24-12-7-8-15-26(24)25/h4-15,22,27-28,32H,2-3,16-21H2,1H3,(H,33,36)(H,34,38)(H,35,37)/t27-,28-/m0/s1. The number of unbranched alkanes of at least 4 members (excludes halogenated alkanes) is 1. The van der Waals surface area contributed by atoms with Crippen molar-refractivity contribution in [3.63, 3.8) is 0 Å². The number of amides is 3. The molecule has 4 N–H and O–H groups in total. The van der Waals surface area contributed by atoms with Crippen LogP contribution in [0.3, 0.4) is 0 Å². The number of rotatable bonds is 14. The summed E-state index contributed by atoms with van der Waals surface area (Å²) in [5.74, 6) is -0.284. The molecule has 3 aromatic rings. The minimum Gasteiger partial charge on any atom is -0.445 e. The fraction of sp³-hybridized carbons (Fsp3) is 0.387. The lowest BCUT2D eigenvalue weighted by molar-refractivity contribution is -0.130. The van der Waals surface area contributed by atoms with Crippen molar-refractivity contribution in [2.75, 3.05) is 6.54 Å². The van der Waals surface area contributed by atoms with Crippen LogP contribution in [0.25, 0.3) is 10.8 Å². The molecule has 8 nitrogen and oxygen atoms in total. The maximum atomic E-state index is 13.6. The van der Waals surface area contributed by atoms with Crippen molar-refractivity contribution in [2.45, 2.75) is 64.1 Å². The molecule has 1 aliphatic rings. The summed E-state index contributed by atoms with van der Waals surface area (Å²) in [7, 11) is 0. The van der Waals surface area contributed by atoms with Crippen molar-refractivity contribution in [1.82, 2.24) is 21.5 Å². The fourth-order valence-electron chi connectivity index (χ4n) is 4.50. The van der Waals surface area contributed by atoms with Crippen LogP contribution in [0.1, 0.15) is 50.2 Å². The molecule has 1 saturated carbocycles. The highest BCUT2D eigenvalue weighted by Gasteiger charge is 2.33. The van der Waals surface area contributed by atoms with Crippen LogP contribution in [0.15, 0.2) is 72.8 Å². The van der Waals surface area contributed by atoms with Gasteiger partial charge in [0, 0.05) is 13.0 Å². The van der Waals surface area contributed by atoms with Crippen molar-refractivity contribution in [2.24, 2.45) is 5.92 Å². The Labute approximate surface area is 229 Å². The molecule has 0 saturated heterocycles. The van der Waals surface area contributed by atoms with Crippen molar-refractivity contribution in [3.8, 4) is 0 Å². The van der Waals surface area contributed by atoms with E-state index in [9.17, 15) is 14.4 Å². The summed E-state index contributed by atoms with van der Waals surface area (Å²) < 4.78 is 5.42. The van der Waals surface area contributed by atoms with E-state index >= 15 is 0 Å². The van der Waals surface area contributed by atoms with Crippen molar-refractivity contribution in [3.05, 3.63) is 83.9 Å². The number of fused-ring (bicyclic) bond motifs is 1. The van der Waals surface area contributed by atoms with Gasteiger partial charge in [0.2, 0.25) is 5.91 Å². The van der Waals surface area contributed by atoms with Crippen molar-refractivity contribution < 1.29 is 19.1 Å². The van der Waals surface area contributed by atoms with Gasteiger partial charge in [0.1, 0.15) is 18.7 Å². The number of hydrogen-bond donors (Lipinski definition) is 4. The number of ether oxygens (including phenoxy) is 1. The first-order valence-corrected chi connectivity index (χ1v) is 13.8. The molecule has 39 heavy (non-hydrogen) atoms. The van der Waals surface area contributed by atoms with E-state index in [1.54, 1.807) is 0 Å². The Kier molecular flexibility index (Phi) is 10.3. The number of nitrogens with one attached hydrogen (secondary N) is 4. The third-order valence-corrected chi connectivity index (χ3v) is 6.89. The van der Waals surface area contributed by atoms with Crippen LogP contribution in [0.5, 0.6) is 0 Å². The van der Waals surface area contributed by atoms with E-state index in [1.165, 1.54) is 0 Å². The van der Waals surface area contributed by atoms with Gasteiger partial charge in [-0.3, -0.25) is 15.0 Å². The third kappa shape index (κ3) is 8.82. The smallest absolute Gasteiger partial charge is 0.408 e. The van der Waals surface area contributed by atoms with Gasteiger partial charge in [-0.2, -0.15) is 0 Å². The average Bonchev–Trinajstić information content (AvgIpc) is 3.78. The maximum Gasteiger partial charge on any atom is 0.408 e. The van der Waals surface area contributed by atoms with Gasteiger partial charge in [-0.1, -0.05) is 99.0 Å². The first-order chi connectivity index (χ1) is 19.0.